The molecule has 31 heavy (non-hydrogen) atoms. The standard InChI is InChI=1S/C21H29F3N2O5/c1-20(2,3)31-19(28)25-17(18(27)29-4)15-9-11-26(12-10-15)13-14-5-7-16(8-6-14)30-21(22,23)24/h5-8,15,17H,9-13H2,1-4H3,(H,25,28). The number of piperidine rings is 1. The van der Waals surface area contributed by atoms with Gasteiger partial charge in [-0.1, -0.05) is 12.1 Å². The molecule has 0 saturated carbocycles. The van der Waals surface area contributed by atoms with Gasteiger partial charge in [0, 0.05) is 6.54 Å². The molecule has 0 aliphatic carbocycles. The van der Waals surface area contributed by atoms with Gasteiger partial charge in [0.2, 0.25) is 0 Å². The van der Waals surface area contributed by atoms with Crippen molar-refractivity contribution < 1.29 is 37.0 Å². The number of halogens is 3. The Bertz CT molecular complexity index is 739. The van der Waals surface area contributed by atoms with Crippen LogP contribution in [0, 0.1) is 5.92 Å². The number of amides is 1. The summed E-state index contributed by atoms with van der Waals surface area (Å²) in [6.45, 7) is 7.09. The van der Waals surface area contributed by atoms with Gasteiger partial charge >= 0.3 is 18.4 Å². The number of alkyl halides is 3. The van der Waals surface area contributed by atoms with Crippen molar-refractivity contribution in [2.24, 2.45) is 5.92 Å². The van der Waals surface area contributed by atoms with E-state index >= 15 is 0 Å². The fraction of sp³-hybridized carbons (Fsp3) is 0.619. The molecule has 1 aromatic rings. The molecule has 0 aromatic heterocycles. The zero-order chi connectivity index (χ0) is 23.2. The second-order valence-electron chi connectivity index (χ2n) is 8.45. The summed E-state index contributed by atoms with van der Waals surface area (Å²) in [4.78, 5) is 26.5. The van der Waals surface area contributed by atoms with E-state index in [-0.39, 0.29) is 11.7 Å². The molecule has 1 amide bonds. The molecule has 1 aliphatic rings. The van der Waals surface area contributed by atoms with Crippen LogP contribution in [0.25, 0.3) is 0 Å². The molecular weight excluding hydrogens is 417 g/mol. The van der Waals surface area contributed by atoms with Crippen LogP contribution in [0.2, 0.25) is 0 Å². The fourth-order valence-electron chi connectivity index (χ4n) is 3.43. The van der Waals surface area contributed by atoms with Crippen molar-refractivity contribution in [2.45, 2.75) is 58.2 Å². The molecule has 1 fully saturated rings. The third kappa shape index (κ3) is 8.64. The Balaban J connectivity index is 1.90. The summed E-state index contributed by atoms with van der Waals surface area (Å²) in [5.74, 6) is -0.896. The maximum Gasteiger partial charge on any atom is 0.573 e. The van der Waals surface area contributed by atoms with Crippen molar-refractivity contribution in [3.05, 3.63) is 29.8 Å². The van der Waals surface area contributed by atoms with Crippen molar-refractivity contribution in [3.8, 4) is 5.75 Å². The van der Waals surface area contributed by atoms with Crippen molar-refractivity contribution >= 4 is 12.1 Å². The fourth-order valence-corrected chi connectivity index (χ4v) is 3.43. The first-order valence-electron chi connectivity index (χ1n) is 10.0. The molecular formula is C21H29F3N2O5. The molecule has 10 heteroatoms. The smallest absolute Gasteiger partial charge is 0.467 e. The number of hydrogen-bond acceptors (Lipinski definition) is 6. The normalized spacial score (nSPS) is 17.0. The Morgan fingerprint density at radius 3 is 2.19 bits per heavy atom. The summed E-state index contributed by atoms with van der Waals surface area (Å²) in [5.41, 5.74) is 0.166. The van der Waals surface area contributed by atoms with E-state index in [1.807, 2.05) is 0 Å². The van der Waals surface area contributed by atoms with Gasteiger partial charge in [-0.15, -0.1) is 13.2 Å². The minimum Gasteiger partial charge on any atom is -0.467 e. The summed E-state index contributed by atoms with van der Waals surface area (Å²) in [7, 11) is 1.27. The molecule has 1 saturated heterocycles. The lowest BCUT2D eigenvalue weighted by molar-refractivity contribution is -0.274. The van der Waals surface area contributed by atoms with Crippen molar-refractivity contribution in [1.82, 2.24) is 10.2 Å². The van der Waals surface area contributed by atoms with E-state index in [4.69, 9.17) is 9.47 Å². The van der Waals surface area contributed by atoms with E-state index < -0.39 is 30.1 Å². The van der Waals surface area contributed by atoms with Gasteiger partial charge in [0.05, 0.1) is 7.11 Å². The zero-order valence-electron chi connectivity index (χ0n) is 18.1. The van der Waals surface area contributed by atoms with Gasteiger partial charge in [-0.2, -0.15) is 0 Å². The lowest BCUT2D eigenvalue weighted by atomic mass is 9.89. The first kappa shape index (κ1) is 24.8. The number of benzene rings is 1. The quantitative estimate of drug-likeness (QED) is 0.669. The maximum absolute atomic E-state index is 12.3. The van der Waals surface area contributed by atoms with E-state index in [1.54, 1.807) is 32.9 Å². The van der Waals surface area contributed by atoms with Crippen LogP contribution in [-0.2, 0) is 20.8 Å². The van der Waals surface area contributed by atoms with Gasteiger partial charge < -0.3 is 19.5 Å². The van der Waals surface area contributed by atoms with E-state index in [9.17, 15) is 22.8 Å². The minimum atomic E-state index is -4.72. The molecule has 0 radical (unpaired) electrons. The van der Waals surface area contributed by atoms with Crippen LogP contribution in [0.1, 0.15) is 39.2 Å². The number of rotatable bonds is 6. The first-order valence-corrected chi connectivity index (χ1v) is 10.0. The highest BCUT2D eigenvalue weighted by Gasteiger charge is 2.35. The van der Waals surface area contributed by atoms with Crippen LogP contribution in [-0.4, -0.2) is 55.2 Å². The Morgan fingerprint density at radius 1 is 1.13 bits per heavy atom. The molecule has 2 rings (SSSR count). The van der Waals surface area contributed by atoms with Crippen LogP contribution in [0.15, 0.2) is 24.3 Å². The third-order valence-electron chi connectivity index (χ3n) is 4.79. The number of ether oxygens (including phenoxy) is 3. The molecule has 1 atom stereocenters. The van der Waals surface area contributed by atoms with Gasteiger partial charge in [0.15, 0.2) is 0 Å². The number of carbonyl (C=O) groups excluding carboxylic acids is 2. The number of likely N-dealkylation sites (tertiary alicyclic amines) is 1. The summed E-state index contributed by atoms with van der Waals surface area (Å²) in [6, 6.07) is 4.95. The lowest BCUT2D eigenvalue weighted by Crippen LogP contribution is -2.51. The number of methoxy groups -OCH3 is 1. The number of carbonyl (C=O) groups is 2. The van der Waals surface area contributed by atoms with Gasteiger partial charge in [-0.05, 0) is 70.3 Å². The Labute approximate surface area is 179 Å². The molecule has 1 heterocycles. The number of nitrogens with one attached hydrogen (secondary N) is 1. The predicted molar refractivity (Wildman–Crippen MR) is 106 cm³/mol. The minimum absolute atomic E-state index is 0.112. The van der Waals surface area contributed by atoms with Crippen LogP contribution >= 0.6 is 0 Å². The monoisotopic (exact) mass is 446 g/mol. The van der Waals surface area contributed by atoms with Crippen LogP contribution in [0.3, 0.4) is 0 Å². The molecule has 1 N–H and O–H groups in total. The van der Waals surface area contributed by atoms with E-state index in [2.05, 4.69) is 15.0 Å². The second-order valence-corrected chi connectivity index (χ2v) is 8.45. The highest BCUT2D eigenvalue weighted by Crippen LogP contribution is 2.25. The highest BCUT2D eigenvalue weighted by molar-refractivity contribution is 5.81. The Kier molecular flexibility index (Phi) is 8.16. The second kappa shape index (κ2) is 10.2. The Morgan fingerprint density at radius 2 is 1.71 bits per heavy atom. The molecule has 1 unspecified atom stereocenters. The number of nitrogens with zero attached hydrogens (tertiary/aromatic N) is 1. The average Bonchev–Trinajstić information content (AvgIpc) is 2.65. The first-order chi connectivity index (χ1) is 14.4. The molecule has 0 bridgehead atoms. The van der Waals surface area contributed by atoms with Crippen molar-refractivity contribution in [3.63, 3.8) is 0 Å². The Hall–Kier alpha value is -2.49. The van der Waals surface area contributed by atoms with Crippen molar-refractivity contribution in [1.29, 1.82) is 0 Å². The van der Waals surface area contributed by atoms with E-state index in [1.165, 1.54) is 19.2 Å². The molecule has 1 aliphatic heterocycles. The number of alkyl carbamates (subject to hydrolysis) is 1. The summed E-state index contributed by atoms with van der Waals surface area (Å²) >= 11 is 0. The largest absolute Gasteiger partial charge is 0.573 e. The summed E-state index contributed by atoms with van der Waals surface area (Å²) < 4.78 is 50.8. The van der Waals surface area contributed by atoms with Crippen molar-refractivity contribution in [2.75, 3.05) is 20.2 Å². The zero-order valence-corrected chi connectivity index (χ0v) is 18.1. The summed E-state index contributed by atoms with van der Waals surface area (Å²) in [5, 5.41) is 2.62. The number of esters is 1. The summed E-state index contributed by atoms with van der Waals surface area (Å²) in [6.07, 6.45) is -4.10. The maximum atomic E-state index is 12.3. The van der Waals surface area contributed by atoms with Gasteiger partial charge in [0.1, 0.15) is 17.4 Å². The average molecular weight is 446 g/mol. The molecule has 174 valence electrons. The van der Waals surface area contributed by atoms with Gasteiger partial charge in [-0.3, -0.25) is 4.90 Å². The molecule has 1 aromatic carbocycles. The number of hydrogen-bond donors (Lipinski definition) is 1. The predicted octanol–water partition coefficient (Wildman–Crippen LogP) is 3.86. The van der Waals surface area contributed by atoms with Crippen LogP contribution < -0.4 is 10.1 Å². The van der Waals surface area contributed by atoms with Crippen LogP contribution in [0.4, 0.5) is 18.0 Å². The van der Waals surface area contributed by atoms with Gasteiger partial charge in [0.25, 0.3) is 0 Å². The molecule has 0 spiro atoms. The highest BCUT2D eigenvalue weighted by atomic mass is 19.4. The topological polar surface area (TPSA) is 77.1 Å². The van der Waals surface area contributed by atoms with Gasteiger partial charge in [-0.25, -0.2) is 9.59 Å². The SMILES string of the molecule is COC(=O)C(NC(=O)OC(C)(C)C)C1CCN(Cc2ccc(OC(F)(F)F)cc2)CC1. The van der Waals surface area contributed by atoms with Crippen LogP contribution in [0.5, 0.6) is 5.75 Å². The molecule has 7 nitrogen and oxygen atoms in total. The lowest BCUT2D eigenvalue weighted by Gasteiger charge is -2.35. The van der Waals surface area contributed by atoms with E-state index in [0.29, 0.717) is 32.5 Å². The van der Waals surface area contributed by atoms with E-state index in [0.717, 1.165) is 5.56 Å². The third-order valence-corrected chi connectivity index (χ3v) is 4.79.